The van der Waals surface area contributed by atoms with E-state index in [0.29, 0.717) is 17.4 Å². The van der Waals surface area contributed by atoms with Crippen molar-refractivity contribution in [2.24, 2.45) is 0 Å². The molecular weight excluding hydrogens is 270 g/mol. The highest BCUT2D eigenvalue weighted by Crippen LogP contribution is 2.24. The van der Waals surface area contributed by atoms with Gasteiger partial charge in [-0.25, -0.2) is 0 Å². The number of ether oxygens (including phenoxy) is 2. The first-order valence-electron chi connectivity index (χ1n) is 6.70. The number of para-hydroxylation sites is 1. The molecule has 2 rings (SSSR count). The number of aromatic nitrogens is 1. The lowest BCUT2D eigenvalue weighted by Crippen LogP contribution is -2.13. The van der Waals surface area contributed by atoms with Crippen molar-refractivity contribution in [3.8, 4) is 11.6 Å². The molecule has 0 radical (unpaired) electrons. The Bertz CT molecular complexity index is 616. The molecule has 0 fully saturated rings. The lowest BCUT2D eigenvalue weighted by Gasteiger charge is -2.10. The zero-order valence-electron chi connectivity index (χ0n) is 12.4. The quantitative estimate of drug-likeness (QED) is 0.885. The number of methoxy groups -OCH3 is 1. The summed E-state index contributed by atoms with van der Waals surface area (Å²) in [6.45, 7) is 3.81. The summed E-state index contributed by atoms with van der Waals surface area (Å²) in [6, 6.07) is 7.59. The Hall–Kier alpha value is -2.27. The SMILES string of the molecule is COc1noc(C=Cc2ccccc2OCC(C)O)c1C. The molecule has 0 aliphatic rings. The van der Waals surface area contributed by atoms with E-state index >= 15 is 0 Å². The molecule has 0 bridgehead atoms. The summed E-state index contributed by atoms with van der Waals surface area (Å²) in [5.41, 5.74) is 1.74. The highest BCUT2D eigenvalue weighted by atomic mass is 16.5. The molecule has 1 atom stereocenters. The molecule has 5 nitrogen and oxygen atoms in total. The number of nitrogens with zero attached hydrogens (tertiary/aromatic N) is 1. The van der Waals surface area contributed by atoms with Gasteiger partial charge >= 0.3 is 0 Å². The van der Waals surface area contributed by atoms with Crippen molar-refractivity contribution in [2.45, 2.75) is 20.0 Å². The molecule has 0 amide bonds. The van der Waals surface area contributed by atoms with Crippen molar-refractivity contribution in [3.05, 3.63) is 41.2 Å². The Morgan fingerprint density at radius 2 is 2.10 bits per heavy atom. The first kappa shape index (κ1) is 15.1. The van der Waals surface area contributed by atoms with Crippen LogP contribution in [0.5, 0.6) is 11.6 Å². The Morgan fingerprint density at radius 3 is 2.76 bits per heavy atom. The molecule has 21 heavy (non-hydrogen) atoms. The van der Waals surface area contributed by atoms with E-state index in [-0.39, 0.29) is 6.61 Å². The fourth-order valence-electron chi connectivity index (χ4n) is 1.80. The van der Waals surface area contributed by atoms with E-state index in [2.05, 4.69) is 5.16 Å². The average Bonchev–Trinajstić information content (AvgIpc) is 2.84. The predicted molar refractivity (Wildman–Crippen MR) is 80.3 cm³/mol. The van der Waals surface area contributed by atoms with Crippen LogP contribution in [0.1, 0.15) is 23.8 Å². The third kappa shape index (κ3) is 3.86. The van der Waals surface area contributed by atoms with E-state index in [1.807, 2.05) is 43.3 Å². The van der Waals surface area contributed by atoms with Crippen molar-refractivity contribution >= 4 is 12.2 Å². The second-order valence-corrected chi connectivity index (χ2v) is 4.71. The maximum atomic E-state index is 9.30. The lowest BCUT2D eigenvalue weighted by molar-refractivity contribution is 0.122. The number of aliphatic hydroxyl groups excluding tert-OH is 1. The highest BCUT2D eigenvalue weighted by molar-refractivity contribution is 5.72. The first-order valence-corrected chi connectivity index (χ1v) is 6.70. The van der Waals surface area contributed by atoms with Gasteiger partial charge < -0.3 is 19.1 Å². The van der Waals surface area contributed by atoms with Gasteiger partial charge in [0.1, 0.15) is 12.4 Å². The van der Waals surface area contributed by atoms with E-state index in [1.54, 1.807) is 14.0 Å². The maximum Gasteiger partial charge on any atom is 0.257 e. The van der Waals surface area contributed by atoms with Crippen LogP contribution in [-0.4, -0.2) is 30.1 Å². The normalized spacial score (nSPS) is 12.6. The van der Waals surface area contributed by atoms with Gasteiger partial charge in [0.15, 0.2) is 5.76 Å². The standard InChI is InChI=1S/C16H19NO4/c1-11(18)10-20-15-7-5-4-6-13(15)8-9-14-12(2)16(19-3)17-21-14/h4-9,11,18H,10H2,1-3H3. The average molecular weight is 289 g/mol. The summed E-state index contributed by atoms with van der Waals surface area (Å²) in [7, 11) is 1.55. The van der Waals surface area contributed by atoms with E-state index in [1.165, 1.54) is 0 Å². The van der Waals surface area contributed by atoms with Gasteiger partial charge in [-0.05, 0) is 37.2 Å². The van der Waals surface area contributed by atoms with E-state index in [0.717, 1.165) is 11.1 Å². The molecule has 0 aliphatic heterocycles. The summed E-state index contributed by atoms with van der Waals surface area (Å²) in [5.74, 6) is 1.82. The van der Waals surface area contributed by atoms with Gasteiger partial charge in [0.05, 0.1) is 18.8 Å². The first-order chi connectivity index (χ1) is 10.1. The van der Waals surface area contributed by atoms with Gasteiger partial charge in [-0.1, -0.05) is 18.2 Å². The highest BCUT2D eigenvalue weighted by Gasteiger charge is 2.09. The minimum Gasteiger partial charge on any atom is -0.490 e. The number of rotatable bonds is 6. The third-order valence-electron chi connectivity index (χ3n) is 2.92. The van der Waals surface area contributed by atoms with Crippen molar-refractivity contribution < 1.29 is 19.1 Å². The van der Waals surface area contributed by atoms with Gasteiger partial charge in [-0.15, -0.1) is 0 Å². The number of hydrogen-bond acceptors (Lipinski definition) is 5. The zero-order valence-corrected chi connectivity index (χ0v) is 12.4. The summed E-state index contributed by atoms with van der Waals surface area (Å²) >= 11 is 0. The second kappa shape index (κ2) is 6.95. The molecular formula is C16H19NO4. The Kier molecular flexibility index (Phi) is 5.00. The van der Waals surface area contributed by atoms with E-state index < -0.39 is 6.10 Å². The summed E-state index contributed by atoms with van der Waals surface area (Å²) < 4.78 is 15.9. The third-order valence-corrected chi connectivity index (χ3v) is 2.92. The molecule has 1 N–H and O–H groups in total. The van der Waals surface area contributed by atoms with Gasteiger partial charge in [0.2, 0.25) is 0 Å². The molecule has 1 aromatic carbocycles. The molecule has 1 heterocycles. The minimum atomic E-state index is -0.511. The van der Waals surface area contributed by atoms with Crippen molar-refractivity contribution in [2.75, 3.05) is 13.7 Å². The van der Waals surface area contributed by atoms with Crippen LogP contribution in [0.2, 0.25) is 0 Å². The van der Waals surface area contributed by atoms with Gasteiger partial charge in [0, 0.05) is 5.56 Å². The summed E-state index contributed by atoms with van der Waals surface area (Å²) in [4.78, 5) is 0. The van der Waals surface area contributed by atoms with Gasteiger partial charge in [-0.3, -0.25) is 0 Å². The number of aliphatic hydroxyl groups is 1. The van der Waals surface area contributed by atoms with E-state index in [9.17, 15) is 5.11 Å². The van der Waals surface area contributed by atoms with Crippen LogP contribution in [0.15, 0.2) is 28.8 Å². The second-order valence-electron chi connectivity index (χ2n) is 4.71. The topological polar surface area (TPSA) is 64.7 Å². The van der Waals surface area contributed by atoms with Crippen LogP contribution >= 0.6 is 0 Å². The minimum absolute atomic E-state index is 0.250. The largest absolute Gasteiger partial charge is 0.490 e. The summed E-state index contributed by atoms with van der Waals surface area (Å²) in [5, 5.41) is 13.1. The zero-order chi connectivity index (χ0) is 15.2. The van der Waals surface area contributed by atoms with Crippen LogP contribution < -0.4 is 9.47 Å². The fourth-order valence-corrected chi connectivity index (χ4v) is 1.80. The molecule has 2 aromatic rings. The van der Waals surface area contributed by atoms with Crippen LogP contribution in [0.25, 0.3) is 12.2 Å². The predicted octanol–water partition coefficient (Wildman–Crippen LogP) is 2.92. The molecule has 1 unspecified atom stereocenters. The Labute approximate surface area is 123 Å². The monoisotopic (exact) mass is 289 g/mol. The molecule has 112 valence electrons. The summed E-state index contributed by atoms with van der Waals surface area (Å²) in [6.07, 6.45) is 3.18. The van der Waals surface area contributed by atoms with Crippen molar-refractivity contribution in [3.63, 3.8) is 0 Å². The Morgan fingerprint density at radius 1 is 1.33 bits per heavy atom. The Balaban J connectivity index is 2.18. The molecule has 0 saturated heterocycles. The fraction of sp³-hybridized carbons (Fsp3) is 0.312. The van der Waals surface area contributed by atoms with Gasteiger partial charge in [-0.2, -0.15) is 0 Å². The van der Waals surface area contributed by atoms with Crippen LogP contribution in [-0.2, 0) is 0 Å². The van der Waals surface area contributed by atoms with Crippen molar-refractivity contribution in [1.29, 1.82) is 0 Å². The van der Waals surface area contributed by atoms with Gasteiger partial charge in [0.25, 0.3) is 5.88 Å². The molecule has 0 spiro atoms. The van der Waals surface area contributed by atoms with E-state index in [4.69, 9.17) is 14.0 Å². The lowest BCUT2D eigenvalue weighted by atomic mass is 10.1. The van der Waals surface area contributed by atoms with Crippen LogP contribution in [0.3, 0.4) is 0 Å². The number of hydrogen-bond donors (Lipinski definition) is 1. The van der Waals surface area contributed by atoms with Crippen LogP contribution in [0, 0.1) is 6.92 Å². The van der Waals surface area contributed by atoms with Crippen molar-refractivity contribution in [1.82, 2.24) is 5.16 Å². The number of benzene rings is 1. The molecule has 1 aromatic heterocycles. The molecule has 5 heteroatoms. The maximum absolute atomic E-state index is 9.30. The smallest absolute Gasteiger partial charge is 0.257 e. The molecule has 0 aliphatic carbocycles. The van der Waals surface area contributed by atoms with Crippen LogP contribution in [0.4, 0.5) is 0 Å². The molecule has 0 saturated carbocycles.